The van der Waals surface area contributed by atoms with Gasteiger partial charge in [0.25, 0.3) is 0 Å². The third-order valence-electron chi connectivity index (χ3n) is 4.21. The molecule has 140 valence electrons. The molecule has 0 spiro atoms. The Balaban J connectivity index is 1.45. The van der Waals surface area contributed by atoms with Gasteiger partial charge in [-0.3, -0.25) is 5.10 Å². The van der Waals surface area contributed by atoms with Crippen molar-refractivity contribution < 1.29 is 9.47 Å². The number of rotatable bonds is 7. The van der Waals surface area contributed by atoms with Crippen molar-refractivity contribution in [3.8, 4) is 11.5 Å². The van der Waals surface area contributed by atoms with E-state index in [-0.39, 0.29) is 6.10 Å². The van der Waals surface area contributed by atoms with Gasteiger partial charge < -0.3 is 20.1 Å². The molecule has 1 atom stereocenters. The normalized spacial score (nSPS) is 16.4. The van der Waals surface area contributed by atoms with Crippen LogP contribution in [0, 0.1) is 6.92 Å². The van der Waals surface area contributed by atoms with Crippen molar-refractivity contribution in [1.29, 1.82) is 0 Å². The Morgan fingerprint density at radius 2 is 2.15 bits per heavy atom. The van der Waals surface area contributed by atoms with Gasteiger partial charge in [0.1, 0.15) is 6.61 Å². The summed E-state index contributed by atoms with van der Waals surface area (Å²) in [4.78, 5) is 4.63. The topological polar surface area (TPSA) is 83.6 Å². The number of aromatic nitrogens is 2. The second-order valence-electron chi connectivity index (χ2n) is 6.27. The number of benzene rings is 1. The molecule has 0 aliphatic carbocycles. The lowest BCUT2D eigenvalue weighted by molar-refractivity contribution is 0.0971. The van der Waals surface area contributed by atoms with Crippen LogP contribution in [-0.2, 0) is 6.42 Å². The second-order valence-corrected chi connectivity index (χ2v) is 6.27. The molecule has 7 nitrogen and oxygen atoms in total. The van der Waals surface area contributed by atoms with Crippen LogP contribution in [0.1, 0.15) is 24.6 Å². The van der Waals surface area contributed by atoms with E-state index in [9.17, 15) is 0 Å². The highest BCUT2D eigenvalue weighted by atomic mass is 16.6. The van der Waals surface area contributed by atoms with Gasteiger partial charge in [0.15, 0.2) is 23.6 Å². The predicted octanol–water partition coefficient (Wildman–Crippen LogP) is 2.05. The number of nitrogens with one attached hydrogen (secondary N) is 3. The van der Waals surface area contributed by atoms with Crippen molar-refractivity contribution in [1.82, 2.24) is 20.8 Å². The van der Waals surface area contributed by atoms with Crippen LogP contribution in [0.5, 0.6) is 11.5 Å². The van der Waals surface area contributed by atoms with Crippen LogP contribution in [0.3, 0.4) is 0 Å². The Labute approximate surface area is 154 Å². The predicted molar refractivity (Wildman–Crippen MR) is 102 cm³/mol. The summed E-state index contributed by atoms with van der Waals surface area (Å²) >= 11 is 0. The summed E-state index contributed by atoms with van der Waals surface area (Å²) in [6.45, 7) is 6.83. The Morgan fingerprint density at radius 3 is 2.92 bits per heavy atom. The Hall–Kier alpha value is -2.70. The minimum Gasteiger partial charge on any atom is -0.486 e. The molecule has 7 heteroatoms. The van der Waals surface area contributed by atoms with Gasteiger partial charge in [-0.2, -0.15) is 5.10 Å². The van der Waals surface area contributed by atoms with E-state index in [0.717, 1.165) is 49.1 Å². The number of aliphatic imine (C=N–C) groups is 1. The molecular weight excluding hydrogens is 330 g/mol. The van der Waals surface area contributed by atoms with E-state index >= 15 is 0 Å². The molecule has 2 aromatic rings. The van der Waals surface area contributed by atoms with Crippen LogP contribution in [0.25, 0.3) is 0 Å². The third kappa shape index (κ3) is 4.91. The molecule has 0 radical (unpaired) electrons. The van der Waals surface area contributed by atoms with E-state index < -0.39 is 0 Å². The smallest absolute Gasteiger partial charge is 0.191 e. The average molecular weight is 357 g/mol. The average Bonchev–Trinajstić information content (AvgIpc) is 3.08. The first-order valence-corrected chi connectivity index (χ1v) is 9.15. The fraction of sp³-hybridized carbons (Fsp3) is 0.474. The van der Waals surface area contributed by atoms with Gasteiger partial charge in [-0.1, -0.05) is 12.1 Å². The molecular formula is C19H27N5O2. The van der Waals surface area contributed by atoms with Crippen LogP contribution in [0.4, 0.5) is 0 Å². The van der Waals surface area contributed by atoms with Crippen molar-refractivity contribution >= 4 is 5.96 Å². The molecule has 0 amide bonds. The Morgan fingerprint density at radius 1 is 1.31 bits per heavy atom. The zero-order valence-corrected chi connectivity index (χ0v) is 15.4. The molecule has 0 saturated heterocycles. The lowest BCUT2D eigenvalue weighted by atomic mass is 10.1. The molecule has 1 aromatic heterocycles. The van der Waals surface area contributed by atoms with Crippen molar-refractivity contribution in [2.24, 2.45) is 4.99 Å². The molecule has 0 fully saturated rings. The van der Waals surface area contributed by atoms with Crippen molar-refractivity contribution in [2.45, 2.75) is 32.8 Å². The maximum Gasteiger partial charge on any atom is 0.191 e. The standard InChI is InChI=1S/C19H27N5O2/c1-3-20-19(21-10-6-7-15-11-23-24-14(15)2)22-12-16-13-25-17-8-4-5-9-18(17)26-16/h4-5,8-9,11,16H,3,6-7,10,12-13H2,1-2H3,(H,23,24)(H2,20,21,22). The number of ether oxygens (including phenoxy) is 2. The summed E-state index contributed by atoms with van der Waals surface area (Å²) in [7, 11) is 0. The molecule has 0 saturated carbocycles. The fourth-order valence-electron chi connectivity index (χ4n) is 2.80. The minimum atomic E-state index is -0.0751. The number of hydrogen-bond donors (Lipinski definition) is 3. The summed E-state index contributed by atoms with van der Waals surface area (Å²) in [6.07, 6.45) is 3.83. The first-order chi connectivity index (χ1) is 12.8. The minimum absolute atomic E-state index is 0.0751. The maximum absolute atomic E-state index is 5.95. The first-order valence-electron chi connectivity index (χ1n) is 9.15. The largest absolute Gasteiger partial charge is 0.486 e. The summed E-state index contributed by atoms with van der Waals surface area (Å²) in [5, 5.41) is 13.7. The van der Waals surface area contributed by atoms with Crippen molar-refractivity contribution in [3.05, 3.63) is 41.7 Å². The van der Waals surface area contributed by atoms with E-state index in [1.807, 2.05) is 37.4 Å². The fourth-order valence-corrected chi connectivity index (χ4v) is 2.80. The van der Waals surface area contributed by atoms with Gasteiger partial charge in [0, 0.05) is 18.8 Å². The number of guanidine groups is 1. The van der Waals surface area contributed by atoms with Gasteiger partial charge in [-0.25, -0.2) is 4.99 Å². The highest BCUT2D eigenvalue weighted by molar-refractivity contribution is 5.79. The van der Waals surface area contributed by atoms with Crippen molar-refractivity contribution in [2.75, 3.05) is 26.2 Å². The lowest BCUT2D eigenvalue weighted by Crippen LogP contribution is -2.40. The number of para-hydroxylation sites is 2. The number of aromatic amines is 1. The molecule has 1 aliphatic heterocycles. The van der Waals surface area contributed by atoms with Crippen molar-refractivity contribution in [3.63, 3.8) is 0 Å². The third-order valence-corrected chi connectivity index (χ3v) is 4.21. The van der Waals surface area contributed by atoms with E-state index in [2.05, 4.69) is 32.7 Å². The molecule has 26 heavy (non-hydrogen) atoms. The number of aryl methyl sites for hydroxylation is 2. The van der Waals surface area contributed by atoms with Crippen LogP contribution in [0.2, 0.25) is 0 Å². The zero-order valence-electron chi connectivity index (χ0n) is 15.4. The first kappa shape index (κ1) is 18.1. The lowest BCUT2D eigenvalue weighted by Gasteiger charge is -2.25. The summed E-state index contributed by atoms with van der Waals surface area (Å²) in [5.41, 5.74) is 2.40. The summed E-state index contributed by atoms with van der Waals surface area (Å²) < 4.78 is 11.7. The van der Waals surface area contributed by atoms with Crippen LogP contribution in [0.15, 0.2) is 35.5 Å². The molecule has 3 rings (SSSR count). The van der Waals surface area contributed by atoms with Crippen LogP contribution < -0.4 is 20.1 Å². The Bertz CT molecular complexity index is 728. The molecule has 3 N–H and O–H groups in total. The van der Waals surface area contributed by atoms with Gasteiger partial charge in [0.2, 0.25) is 0 Å². The van der Waals surface area contributed by atoms with Gasteiger partial charge in [-0.15, -0.1) is 0 Å². The monoisotopic (exact) mass is 357 g/mol. The van der Waals surface area contributed by atoms with E-state index in [0.29, 0.717) is 13.2 Å². The van der Waals surface area contributed by atoms with Crippen LogP contribution >= 0.6 is 0 Å². The molecule has 1 unspecified atom stereocenters. The highest BCUT2D eigenvalue weighted by Crippen LogP contribution is 2.30. The van der Waals surface area contributed by atoms with E-state index in [1.54, 1.807) is 0 Å². The van der Waals surface area contributed by atoms with Gasteiger partial charge in [-0.05, 0) is 44.4 Å². The number of H-pyrrole nitrogens is 1. The Kier molecular flexibility index (Phi) is 6.35. The maximum atomic E-state index is 5.95. The molecule has 2 heterocycles. The summed E-state index contributed by atoms with van der Waals surface area (Å²) in [5.74, 6) is 2.39. The quantitative estimate of drug-likeness (QED) is 0.401. The number of fused-ring (bicyclic) bond motifs is 1. The molecule has 1 aromatic carbocycles. The van der Waals surface area contributed by atoms with E-state index in [4.69, 9.17) is 9.47 Å². The van der Waals surface area contributed by atoms with Gasteiger partial charge >= 0.3 is 0 Å². The zero-order chi connectivity index (χ0) is 18.2. The molecule has 1 aliphatic rings. The number of nitrogens with zero attached hydrogens (tertiary/aromatic N) is 2. The van der Waals surface area contributed by atoms with E-state index in [1.165, 1.54) is 5.56 Å². The summed E-state index contributed by atoms with van der Waals surface area (Å²) in [6, 6.07) is 7.73. The number of hydrogen-bond acceptors (Lipinski definition) is 4. The van der Waals surface area contributed by atoms with Gasteiger partial charge in [0.05, 0.1) is 12.7 Å². The SMILES string of the molecule is CCNC(=NCC1COc2ccccc2O1)NCCCc1cn[nH]c1C. The van der Waals surface area contributed by atoms with Crippen LogP contribution in [-0.4, -0.2) is 48.5 Å². The second kappa shape index (κ2) is 9.12. The molecule has 0 bridgehead atoms. The highest BCUT2D eigenvalue weighted by Gasteiger charge is 2.20.